The number of nitrogens with one attached hydrogen (secondary N) is 2. The molecule has 4 heterocycles. The number of H-pyrrole nitrogens is 1. The maximum absolute atomic E-state index is 13.3. The molecule has 5 aromatic rings. The maximum Gasteiger partial charge on any atom is 0.410 e. The number of fused-ring (bicyclic) bond motifs is 1. The first-order valence-electron chi connectivity index (χ1n) is 18.9. The van der Waals surface area contributed by atoms with E-state index in [1.807, 2.05) is 99.8 Å². The lowest BCUT2D eigenvalue weighted by Gasteiger charge is -2.28. The highest BCUT2D eigenvalue weighted by Crippen LogP contribution is 2.36. The summed E-state index contributed by atoms with van der Waals surface area (Å²) in [7, 11) is -3.99. The fraction of sp³-hybridized carbons (Fsp3) is 0.302. The molecular weight excluding hydrogens is 729 g/mol. The molecule has 2 amide bonds. The van der Waals surface area contributed by atoms with Crippen molar-refractivity contribution in [1.29, 1.82) is 0 Å². The number of hydrogen-bond donors (Lipinski definition) is 2. The molecule has 3 aliphatic heterocycles. The van der Waals surface area contributed by atoms with Gasteiger partial charge in [-0.2, -0.15) is 8.42 Å². The number of amides is 2. The summed E-state index contributed by atoms with van der Waals surface area (Å²) in [6, 6.07) is 30.2. The molecule has 1 aromatic heterocycles. The van der Waals surface area contributed by atoms with Crippen LogP contribution >= 0.6 is 0 Å². The van der Waals surface area contributed by atoms with Gasteiger partial charge in [0.2, 0.25) is 0 Å². The first-order valence-corrected chi connectivity index (χ1v) is 20.4. The Bertz CT molecular complexity index is 2390. The van der Waals surface area contributed by atoms with Crippen LogP contribution in [0.2, 0.25) is 0 Å². The number of imidazole rings is 1. The molecule has 0 bridgehead atoms. The van der Waals surface area contributed by atoms with E-state index in [0.717, 1.165) is 57.7 Å². The third-order valence-electron chi connectivity index (χ3n) is 10.3. The molecule has 0 unspecified atom stereocenters. The molecule has 288 valence electrons. The third kappa shape index (κ3) is 7.76. The summed E-state index contributed by atoms with van der Waals surface area (Å²) in [6.07, 6.45) is 4.04. The predicted molar refractivity (Wildman–Crippen MR) is 214 cm³/mol. The van der Waals surface area contributed by atoms with Crippen molar-refractivity contribution in [3.05, 3.63) is 115 Å². The summed E-state index contributed by atoms with van der Waals surface area (Å²) < 4.78 is 42.0. The Morgan fingerprint density at radius 2 is 1.36 bits per heavy atom. The summed E-state index contributed by atoms with van der Waals surface area (Å²) in [5.41, 5.74) is 6.30. The van der Waals surface area contributed by atoms with Crippen LogP contribution in [0.3, 0.4) is 0 Å². The van der Waals surface area contributed by atoms with Crippen LogP contribution in [0.1, 0.15) is 63.9 Å². The van der Waals surface area contributed by atoms with Crippen LogP contribution in [0, 0.1) is 0 Å². The lowest BCUT2D eigenvalue weighted by Crippen LogP contribution is -2.44. The van der Waals surface area contributed by atoms with E-state index in [1.54, 1.807) is 21.9 Å². The Morgan fingerprint density at radius 3 is 2.02 bits per heavy atom. The molecule has 2 N–H and O–H groups in total. The van der Waals surface area contributed by atoms with Gasteiger partial charge in [-0.3, -0.25) is 9.80 Å². The highest BCUT2D eigenvalue weighted by atomic mass is 32.2. The molecule has 4 aromatic carbocycles. The van der Waals surface area contributed by atoms with Crippen molar-refractivity contribution in [1.82, 2.24) is 19.8 Å². The lowest BCUT2D eigenvalue weighted by atomic mass is 9.99. The Morgan fingerprint density at radius 1 is 0.768 bits per heavy atom. The van der Waals surface area contributed by atoms with Gasteiger partial charge < -0.3 is 19.8 Å². The van der Waals surface area contributed by atoms with Gasteiger partial charge in [-0.05, 0) is 86.4 Å². The van der Waals surface area contributed by atoms with E-state index in [9.17, 15) is 18.0 Å². The number of hydrogen-bond acceptors (Lipinski definition) is 8. The Balaban J connectivity index is 0.939. The first kappa shape index (κ1) is 37.0. The van der Waals surface area contributed by atoms with Crippen molar-refractivity contribution < 1.29 is 27.5 Å². The van der Waals surface area contributed by atoms with E-state index in [1.165, 1.54) is 0 Å². The van der Waals surface area contributed by atoms with E-state index in [0.29, 0.717) is 31.6 Å². The topological polar surface area (TPSA) is 146 Å². The molecule has 0 radical (unpaired) electrons. The quantitative estimate of drug-likeness (QED) is 0.167. The lowest BCUT2D eigenvalue weighted by molar-refractivity contribution is 0.0218. The highest BCUT2D eigenvalue weighted by Gasteiger charge is 2.38. The molecule has 12 nitrogen and oxygen atoms in total. The molecule has 0 aliphatic carbocycles. The summed E-state index contributed by atoms with van der Waals surface area (Å²) in [5, 5.41) is 3.24. The number of rotatable bonds is 7. The number of likely N-dealkylation sites (tertiary alicyclic amines) is 2. The number of aromatic nitrogens is 2. The molecule has 2 saturated heterocycles. The number of carbonyl (C=O) groups excluding carboxylic acids is 2. The minimum Gasteiger partial charge on any atom is -0.445 e. The van der Waals surface area contributed by atoms with Crippen LogP contribution in [0.5, 0.6) is 0 Å². The predicted octanol–water partition coefficient (Wildman–Crippen LogP) is 8.80. The van der Waals surface area contributed by atoms with E-state index >= 15 is 0 Å². The molecule has 56 heavy (non-hydrogen) atoms. The van der Waals surface area contributed by atoms with Crippen LogP contribution < -0.4 is 5.32 Å². The number of aromatic amines is 1. The Labute approximate surface area is 326 Å². The van der Waals surface area contributed by atoms with Gasteiger partial charge in [0.1, 0.15) is 28.8 Å². The molecule has 2 fully saturated rings. The van der Waals surface area contributed by atoms with Gasteiger partial charge in [-0.25, -0.2) is 14.6 Å². The van der Waals surface area contributed by atoms with Crippen LogP contribution in [0.15, 0.2) is 113 Å². The second-order valence-electron chi connectivity index (χ2n) is 15.3. The average molecular weight is 773 g/mol. The number of anilines is 1. The van der Waals surface area contributed by atoms with E-state index in [2.05, 4.69) is 26.8 Å². The highest BCUT2D eigenvalue weighted by molar-refractivity contribution is 7.90. The first-order chi connectivity index (χ1) is 26.9. The van der Waals surface area contributed by atoms with Crippen LogP contribution in [0.4, 0.5) is 15.3 Å². The van der Waals surface area contributed by atoms with Crippen molar-refractivity contribution in [3.8, 4) is 33.5 Å². The largest absolute Gasteiger partial charge is 0.445 e. The molecule has 3 aliphatic rings. The number of carbonyl (C=O) groups is 2. The summed E-state index contributed by atoms with van der Waals surface area (Å²) >= 11 is 0. The zero-order chi connectivity index (χ0) is 39.0. The SMILES string of the molecule is CC(C)(C)OC(=O)N1CCC[C@H]1c1nc(-c2ccc(-c3ccc(-c4ccc5c(c4)NC([C@@H]4CCCN4C(=O)OCc4ccccc4)=NS5(=O)=O)cc3)cc2)c[nH]1. The minimum atomic E-state index is -3.99. The van der Waals surface area contributed by atoms with Crippen molar-refractivity contribution in [2.24, 2.45) is 4.40 Å². The van der Waals surface area contributed by atoms with Crippen LogP contribution in [-0.4, -0.2) is 70.9 Å². The smallest absolute Gasteiger partial charge is 0.410 e. The summed E-state index contributed by atoms with van der Waals surface area (Å²) in [6.45, 7) is 6.82. The van der Waals surface area contributed by atoms with Gasteiger partial charge in [-0.15, -0.1) is 4.40 Å². The van der Waals surface area contributed by atoms with Crippen molar-refractivity contribution in [2.75, 3.05) is 18.4 Å². The Hall–Kier alpha value is -5.95. The minimum absolute atomic E-state index is 0.0885. The average Bonchev–Trinajstić information content (AvgIpc) is 3.98. The standard InChI is InChI=1S/C43H44N6O6S/c1-43(2,3)55-42(51)49-24-7-11-36(49)39-44-26-35(46-39)32-19-17-30(18-20-32)29-13-15-31(16-14-29)33-21-22-38-34(25-33)45-40(47-56(38,52)53)37-12-8-23-48(37)41(50)54-27-28-9-5-4-6-10-28/h4-6,9-10,13-22,25-26,36-37H,7-8,11-12,23-24,27H2,1-3H3,(H,44,46)(H,45,47)/t36-,37-/m0/s1. The van der Waals surface area contributed by atoms with Gasteiger partial charge in [0.15, 0.2) is 0 Å². The van der Waals surface area contributed by atoms with E-state index in [4.69, 9.17) is 14.5 Å². The molecule has 13 heteroatoms. The number of benzene rings is 4. The summed E-state index contributed by atoms with van der Waals surface area (Å²) in [4.78, 5) is 37.5. The maximum atomic E-state index is 13.3. The van der Waals surface area contributed by atoms with Crippen molar-refractivity contribution in [3.63, 3.8) is 0 Å². The monoisotopic (exact) mass is 772 g/mol. The van der Waals surface area contributed by atoms with Gasteiger partial charge in [0.25, 0.3) is 10.0 Å². The molecule has 2 atom stereocenters. The number of ether oxygens (including phenoxy) is 2. The van der Waals surface area contributed by atoms with Crippen molar-refractivity contribution in [2.45, 2.75) is 75.6 Å². The van der Waals surface area contributed by atoms with Gasteiger partial charge >= 0.3 is 12.2 Å². The number of sulfonamides is 1. The van der Waals surface area contributed by atoms with Crippen LogP contribution in [0.25, 0.3) is 33.5 Å². The molecule has 0 spiro atoms. The van der Waals surface area contributed by atoms with Crippen LogP contribution in [-0.2, 0) is 26.1 Å². The normalized spacial score (nSPS) is 18.9. The van der Waals surface area contributed by atoms with Crippen molar-refractivity contribution >= 4 is 33.7 Å². The van der Waals surface area contributed by atoms with Gasteiger partial charge in [0, 0.05) is 24.8 Å². The second-order valence-corrected chi connectivity index (χ2v) is 16.9. The fourth-order valence-electron chi connectivity index (χ4n) is 7.52. The number of nitrogens with zero attached hydrogens (tertiary/aromatic N) is 4. The van der Waals surface area contributed by atoms with E-state index < -0.39 is 27.8 Å². The van der Waals surface area contributed by atoms with E-state index in [-0.39, 0.29) is 29.5 Å². The Kier molecular flexibility index (Phi) is 9.87. The molecule has 0 saturated carbocycles. The van der Waals surface area contributed by atoms with Gasteiger partial charge in [-0.1, -0.05) is 84.9 Å². The second kappa shape index (κ2) is 14.9. The fourth-order valence-corrected chi connectivity index (χ4v) is 8.67. The summed E-state index contributed by atoms with van der Waals surface area (Å²) in [5.74, 6) is 0.969. The zero-order valence-corrected chi connectivity index (χ0v) is 32.4. The van der Waals surface area contributed by atoms with Gasteiger partial charge in [0.05, 0.1) is 23.5 Å². The number of amidine groups is 1. The molecule has 8 rings (SSSR count). The third-order valence-corrected chi connectivity index (χ3v) is 11.6. The molecular formula is C43H44N6O6S. The zero-order valence-electron chi connectivity index (χ0n) is 31.6.